The molecule has 0 spiro atoms. The van der Waals surface area contributed by atoms with Gasteiger partial charge >= 0.3 is 34.4 Å². The van der Waals surface area contributed by atoms with E-state index in [-0.39, 0.29) is 39.9 Å². The number of rotatable bonds is 0. The summed E-state index contributed by atoms with van der Waals surface area (Å²) in [6.07, 6.45) is -2.33. The van der Waals surface area contributed by atoms with E-state index >= 15 is 0 Å². The number of carboxylic acid groups (broad SMARTS) is 2. The van der Waals surface area contributed by atoms with Gasteiger partial charge in [-0.1, -0.05) is 0 Å². The summed E-state index contributed by atoms with van der Waals surface area (Å²) in [6, 6.07) is 0. The van der Waals surface area contributed by atoms with Gasteiger partial charge in [-0.2, -0.15) is 0 Å². The molecule has 6 heteroatoms. The number of hydrogen-bond donors (Lipinski definition) is 0. The van der Waals surface area contributed by atoms with Crippen LogP contribution in [0.5, 0.6) is 0 Å². The molecule has 0 N–H and O–H groups in total. The topological polar surface area (TPSA) is 91.7 Å². The third-order valence-electron chi connectivity index (χ3n) is 0. The predicted octanol–water partition coefficient (Wildman–Crippen LogP) is -2.95. The molecular formula is CAlFeO4+. The van der Waals surface area contributed by atoms with E-state index in [1.807, 2.05) is 0 Å². The van der Waals surface area contributed by atoms with E-state index in [1.165, 1.54) is 0 Å². The molecule has 0 aromatic carbocycles. The van der Waals surface area contributed by atoms with Crippen LogP contribution in [-0.4, -0.2) is 23.5 Å². The third-order valence-corrected chi connectivity index (χ3v) is 0. The van der Waals surface area contributed by atoms with Gasteiger partial charge in [0, 0.05) is 0 Å². The molecule has 0 saturated carbocycles. The fraction of sp³-hybridized carbons (Fsp3) is 0. The summed E-state index contributed by atoms with van der Waals surface area (Å²) in [4.78, 5) is 8.33. The van der Waals surface area contributed by atoms with Gasteiger partial charge in [0.15, 0.2) is 0 Å². The molecule has 0 atom stereocenters. The molecule has 0 aliphatic heterocycles. The molecule has 0 aromatic rings. The van der Waals surface area contributed by atoms with Crippen molar-refractivity contribution in [2.24, 2.45) is 0 Å². The molecule has 0 bridgehead atoms. The fourth-order valence-electron chi connectivity index (χ4n) is 0. The van der Waals surface area contributed by atoms with Crippen LogP contribution in [0.4, 0.5) is 4.79 Å². The van der Waals surface area contributed by atoms with E-state index in [0.717, 1.165) is 0 Å². The van der Waals surface area contributed by atoms with E-state index in [2.05, 4.69) is 0 Å². The Bertz CT molecular complexity index is 34.7. The van der Waals surface area contributed by atoms with Crippen LogP contribution >= 0.6 is 0 Å². The molecule has 0 aromatic heterocycles. The van der Waals surface area contributed by atoms with Gasteiger partial charge < -0.3 is 20.5 Å². The van der Waals surface area contributed by atoms with E-state index in [0.29, 0.717) is 0 Å². The minimum absolute atomic E-state index is 0. The van der Waals surface area contributed by atoms with Crippen molar-refractivity contribution < 1.29 is 37.6 Å². The van der Waals surface area contributed by atoms with Crippen molar-refractivity contribution in [3.8, 4) is 0 Å². The van der Waals surface area contributed by atoms with Crippen LogP contribution in [0.3, 0.4) is 0 Å². The van der Waals surface area contributed by atoms with Crippen molar-refractivity contribution in [1.29, 1.82) is 0 Å². The van der Waals surface area contributed by atoms with Crippen molar-refractivity contribution >= 4 is 23.5 Å². The van der Waals surface area contributed by atoms with Crippen molar-refractivity contribution in [2.75, 3.05) is 0 Å². The van der Waals surface area contributed by atoms with Gasteiger partial charge in [-0.15, -0.1) is 0 Å². The number of carbonyl (C=O) groups excluding carboxylic acids is 1. The van der Waals surface area contributed by atoms with Crippen LogP contribution < -0.4 is 10.2 Å². The SMILES string of the molecule is O=C([O-])[O-].[Al+3].[Fe+2].[O-2]. The van der Waals surface area contributed by atoms with Crippen LogP contribution in [0.15, 0.2) is 0 Å². The predicted molar refractivity (Wildman–Crippen MR) is 11.8 cm³/mol. The van der Waals surface area contributed by atoms with Gasteiger partial charge in [0.2, 0.25) is 0 Å². The van der Waals surface area contributed by atoms with Crippen LogP contribution in [0, 0.1) is 0 Å². The van der Waals surface area contributed by atoms with E-state index in [9.17, 15) is 0 Å². The monoisotopic (exact) mass is 159 g/mol. The maximum absolute atomic E-state index is 8.33. The largest absolute Gasteiger partial charge is 3.00 e. The van der Waals surface area contributed by atoms with Crippen LogP contribution in [0.25, 0.3) is 0 Å². The van der Waals surface area contributed by atoms with E-state index in [1.54, 1.807) is 0 Å². The summed E-state index contributed by atoms with van der Waals surface area (Å²) in [6.45, 7) is 0. The van der Waals surface area contributed by atoms with Gasteiger partial charge in [-0.25, -0.2) is 0 Å². The third kappa shape index (κ3) is 1450. The number of hydrogen-bond acceptors (Lipinski definition) is 3. The summed E-state index contributed by atoms with van der Waals surface area (Å²) < 4.78 is 0. The van der Waals surface area contributed by atoms with Crippen molar-refractivity contribution in [1.82, 2.24) is 0 Å². The maximum Gasteiger partial charge on any atom is 3.00 e. The Labute approximate surface area is 61.4 Å². The molecular weight excluding hydrogens is 159 g/mol. The summed E-state index contributed by atoms with van der Waals surface area (Å²) in [5, 5.41) is 16.7. The standard InChI is InChI=1S/CH2O3.Al.Fe.O/c2-1(3)4;;;/h(H2,2,3,4);;;/q;+3;+2;-2/p-2. The van der Waals surface area contributed by atoms with Gasteiger partial charge in [-0.3, -0.25) is 0 Å². The maximum atomic E-state index is 8.33. The fourth-order valence-corrected chi connectivity index (χ4v) is 0. The Morgan fingerprint density at radius 1 is 1.29 bits per heavy atom. The second-order valence-electron chi connectivity index (χ2n) is 0.250. The molecule has 38 valence electrons. The van der Waals surface area contributed by atoms with Crippen molar-refractivity contribution in [2.45, 2.75) is 0 Å². The smallest absolute Gasteiger partial charge is 2.00 e. The molecule has 0 unspecified atom stereocenters. The zero-order chi connectivity index (χ0) is 3.58. The van der Waals surface area contributed by atoms with Crippen molar-refractivity contribution in [3.05, 3.63) is 0 Å². The van der Waals surface area contributed by atoms with E-state index < -0.39 is 6.16 Å². The molecule has 0 fully saturated rings. The van der Waals surface area contributed by atoms with Gasteiger partial charge in [0.25, 0.3) is 0 Å². The Morgan fingerprint density at radius 3 is 1.29 bits per heavy atom. The first-order valence-electron chi connectivity index (χ1n) is 0.612. The van der Waals surface area contributed by atoms with Crippen LogP contribution in [-0.2, 0) is 22.5 Å². The first kappa shape index (κ1) is 26.7. The van der Waals surface area contributed by atoms with Crippen molar-refractivity contribution in [3.63, 3.8) is 0 Å². The summed E-state index contributed by atoms with van der Waals surface area (Å²) in [5.41, 5.74) is 0. The average Bonchev–Trinajstić information content (AvgIpc) is 0.811. The molecule has 0 heterocycles. The van der Waals surface area contributed by atoms with Crippen LogP contribution in [0.1, 0.15) is 0 Å². The molecule has 0 amide bonds. The molecule has 0 saturated heterocycles. The Balaban J connectivity index is -0.0000000150. The van der Waals surface area contributed by atoms with Gasteiger partial charge in [0.1, 0.15) is 0 Å². The Hall–Kier alpha value is 0.282. The van der Waals surface area contributed by atoms with Gasteiger partial charge in [-0.05, 0) is 6.16 Å². The molecule has 0 aliphatic carbocycles. The molecule has 4 nitrogen and oxygen atoms in total. The first-order chi connectivity index (χ1) is 1.73. The quantitative estimate of drug-likeness (QED) is 0.353. The van der Waals surface area contributed by atoms with E-state index in [4.69, 9.17) is 15.0 Å². The summed E-state index contributed by atoms with van der Waals surface area (Å²) in [5.74, 6) is 0. The molecule has 7 heavy (non-hydrogen) atoms. The molecule has 0 radical (unpaired) electrons. The minimum Gasteiger partial charge on any atom is -2.00 e. The zero-order valence-electron chi connectivity index (χ0n) is 3.06. The zero-order valence-corrected chi connectivity index (χ0v) is 5.32. The summed E-state index contributed by atoms with van der Waals surface area (Å²) >= 11 is 0. The Morgan fingerprint density at radius 2 is 1.29 bits per heavy atom. The van der Waals surface area contributed by atoms with Crippen LogP contribution in [0.2, 0.25) is 0 Å². The first-order valence-corrected chi connectivity index (χ1v) is 0.612. The summed E-state index contributed by atoms with van der Waals surface area (Å²) in [7, 11) is 0. The molecule has 0 aliphatic rings. The second kappa shape index (κ2) is 16.3. The Kier molecular flexibility index (Phi) is 62.0. The number of carbonyl (C=O) groups is 1. The van der Waals surface area contributed by atoms with Gasteiger partial charge in [0.05, 0.1) is 0 Å². The second-order valence-corrected chi connectivity index (χ2v) is 0.250. The average molecular weight is 159 g/mol. The minimum atomic E-state index is -2.33. The molecule has 0 rings (SSSR count). The normalized spacial score (nSPS) is 3.43.